The van der Waals surface area contributed by atoms with Crippen LogP contribution in [0.15, 0.2) is 35.5 Å². The lowest BCUT2D eigenvalue weighted by atomic mass is 10.2. The van der Waals surface area contributed by atoms with E-state index in [0.717, 1.165) is 6.07 Å². The van der Waals surface area contributed by atoms with Crippen LogP contribution in [-0.4, -0.2) is 18.4 Å². The third-order valence-corrected chi connectivity index (χ3v) is 4.10. The zero-order valence-electron chi connectivity index (χ0n) is 11.0. The zero-order valence-corrected chi connectivity index (χ0v) is 11.9. The van der Waals surface area contributed by atoms with Crippen molar-refractivity contribution in [2.75, 3.05) is 0 Å². The molecule has 0 bridgehead atoms. The van der Waals surface area contributed by atoms with Crippen LogP contribution in [0.25, 0.3) is 0 Å². The van der Waals surface area contributed by atoms with E-state index in [9.17, 15) is 12.8 Å². The average Bonchev–Trinajstić information content (AvgIpc) is 2.46. The molecule has 0 aliphatic heterocycles. The van der Waals surface area contributed by atoms with E-state index in [2.05, 4.69) is 14.7 Å². The monoisotopic (exact) mass is 306 g/mol. The van der Waals surface area contributed by atoms with Crippen molar-refractivity contribution >= 4 is 10.0 Å². The summed E-state index contributed by atoms with van der Waals surface area (Å²) in [5.74, 6) is -0.879. The fraction of sp³-hybridized carbons (Fsp3) is 0.154. The van der Waals surface area contributed by atoms with Crippen molar-refractivity contribution in [2.24, 2.45) is 0 Å². The van der Waals surface area contributed by atoms with Gasteiger partial charge in [-0.25, -0.2) is 17.5 Å². The van der Waals surface area contributed by atoms with Crippen molar-refractivity contribution in [3.63, 3.8) is 0 Å². The first-order chi connectivity index (χ1) is 9.94. The molecule has 0 spiro atoms. The van der Waals surface area contributed by atoms with Crippen molar-refractivity contribution < 1.29 is 12.8 Å². The van der Waals surface area contributed by atoms with Gasteiger partial charge < -0.3 is 0 Å². The van der Waals surface area contributed by atoms with E-state index in [0.29, 0.717) is 11.4 Å². The van der Waals surface area contributed by atoms with Crippen molar-refractivity contribution in [2.45, 2.75) is 18.4 Å². The van der Waals surface area contributed by atoms with E-state index in [1.807, 2.05) is 0 Å². The molecule has 2 rings (SSSR count). The summed E-state index contributed by atoms with van der Waals surface area (Å²) < 4.78 is 40.0. The first kappa shape index (κ1) is 15.0. The maximum Gasteiger partial charge on any atom is 0.242 e. The number of hydrogen-bond donors (Lipinski definition) is 1. The molecule has 2 aromatic rings. The molecule has 1 aromatic heterocycles. The molecule has 0 unspecified atom stereocenters. The number of nitriles is 1. The van der Waals surface area contributed by atoms with Crippen LogP contribution >= 0.6 is 0 Å². The van der Waals surface area contributed by atoms with Crippen molar-refractivity contribution in [3.8, 4) is 6.07 Å². The Kier molecular flexibility index (Phi) is 4.26. The number of nitrogens with zero attached hydrogens (tertiary/aromatic N) is 3. The molecule has 0 radical (unpaired) electrons. The van der Waals surface area contributed by atoms with Crippen LogP contribution in [0.1, 0.15) is 17.0 Å². The van der Waals surface area contributed by atoms with E-state index in [1.165, 1.54) is 24.5 Å². The molecular formula is C13H11FN4O2S. The number of hydrogen-bond acceptors (Lipinski definition) is 5. The van der Waals surface area contributed by atoms with Crippen molar-refractivity contribution in [1.29, 1.82) is 5.26 Å². The molecule has 1 heterocycles. The number of benzene rings is 1. The Morgan fingerprint density at radius 1 is 1.33 bits per heavy atom. The third-order valence-electron chi connectivity index (χ3n) is 2.65. The van der Waals surface area contributed by atoms with Gasteiger partial charge in [-0.1, -0.05) is 6.07 Å². The second-order valence-corrected chi connectivity index (χ2v) is 5.93. The summed E-state index contributed by atoms with van der Waals surface area (Å²) in [7, 11) is -4.01. The predicted molar refractivity (Wildman–Crippen MR) is 71.9 cm³/mol. The maximum atomic E-state index is 13.5. The molecule has 0 saturated heterocycles. The Labute approximate surface area is 121 Å². The number of halogens is 1. The van der Waals surface area contributed by atoms with Crippen LogP contribution in [0.3, 0.4) is 0 Å². The second-order valence-electron chi connectivity index (χ2n) is 4.20. The summed E-state index contributed by atoms with van der Waals surface area (Å²) in [5.41, 5.74) is 0.609. The minimum absolute atomic E-state index is 0.100. The summed E-state index contributed by atoms with van der Waals surface area (Å²) in [6.07, 6.45) is 2.95. The largest absolute Gasteiger partial charge is 0.258 e. The van der Waals surface area contributed by atoms with Gasteiger partial charge in [0.2, 0.25) is 10.0 Å². The van der Waals surface area contributed by atoms with Crippen molar-refractivity contribution in [3.05, 3.63) is 53.4 Å². The number of sulfonamides is 1. The van der Waals surface area contributed by atoms with E-state index in [-0.39, 0.29) is 6.54 Å². The van der Waals surface area contributed by atoms with Gasteiger partial charge in [-0.05, 0) is 19.1 Å². The van der Waals surface area contributed by atoms with E-state index in [4.69, 9.17) is 5.26 Å². The smallest absolute Gasteiger partial charge is 0.242 e. The van der Waals surface area contributed by atoms with Gasteiger partial charge in [0.25, 0.3) is 0 Å². The van der Waals surface area contributed by atoms with Gasteiger partial charge in [-0.2, -0.15) is 5.26 Å². The normalized spacial score (nSPS) is 11.1. The van der Waals surface area contributed by atoms with Gasteiger partial charge in [0, 0.05) is 6.20 Å². The van der Waals surface area contributed by atoms with Gasteiger partial charge in [0.05, 0.1) is 24.1 Å². The SMILES string of the molecule is Cc1cnc(CNS(=O)(=O)c2cccc(F)c2C#N)cn1. The molecular weight excluding hydrogens is 295 g/mol. The molecule has 8 heteroatoms. The highest BCUT2D eigenvalue weighted by atomic mass is 32.2. The number of rotatable bonds is 4. The van der Waals surface area contributed by atoms with Gasteiger partial charge >= 0.3 is 0 Å². The zero-order chi connectivity index (χ0) is 15.5. The molecule has 108 valence electrons. The average molecular weight is 306 g/mol. The molecule has 0 saturated carbocycles. The third kappa shape index (κ3) is 3.39. The van der Waals surface area contributed by atoms with Gasteiger partial charge in [-0.15, -0.1) is 0 Å². The Hall–Kier alpha value is -2.37. The minimum Gasteiger partial charge on any atom is -0.258 e. The van der Waals surface area contributed by atoms with E-state index in [1.54, 1.807) is 13.0 Å². The molecule has 0 amide bonds. The van der Waals surface area contributed by atoms with Crippen LogP contribution < -0.4 is 4.72 Å². The van der Waals surface area contributed by atoms with E-state index >= 15 is 0 Å². The standard InChI is InChI=1S/C13H11FN4O2S/c1-9-6-17-10(7-16-9)8-18-21(19,20)13-4-2-3-12(14)11(13)5-15/h2-4,6-7,18H,8H2,1H3. The first-order valence-corrected chi connectivity index (χ1v) is 7.38. The lowest BCUT2D eigenvalue weighted by Gasteiger charge is -2.08. The Morgan fingerprint density at radius 2 is 2.10 bits per heavy atom. The Morgan fingerprint density at radius 3 is 2.71 bits per heavy atom. The fourth-order valence-electron chi connectivity index (χ4n) is 1.59. The topological polar surface area (TPSA) is 95.7 Å². The first-order valence-electron chi connectivity index (χ1n) is 5.90. The highest BCUT2D eigenvalue weighted by molar-refractivity contribution is 7.89. The Balaban J connectivity index is 2.25. The second kappa shape index (κ2) is 5.95. The summed E-state index contributed by atoms with van der Waals surface area (Å²) in [6, 6.07) is 4.99. The molecule has 6 nitrogen and oxygen atoms in total. The molecule has 0 aliphatic rings. The molecule has 0 fully saturated rings. The molecule has 1 aromatic carbocycles. The highest BCUT2D eigenvalue weighted by Crippen LogP contribution is 2.17. The quantitative estimate of drug-likeness (QED) is 0.917. The van der Waals surface area contributed by atoms with Gasteiger partial charge in [0.15, 0.2) is 0 Å². The maximum absolute atomic E-state index is 13.5. The van der Waals surface area contributed by atoms with Gasteiger partial charge in [0.1, 0.15) is 22.3 Å². The lowest BCUT2D eigenvalue weighted by Crippen LogP contribution is -2.25. The fourth-order valence-corrected chi connectivity index (χ4v) is 2.76. The lowest BCUT2D eigenvalue weighted by molar-refractivity contribution is 0.575. The predicted octanol–water partition coefficient (Wildman–Crippen LogP) is 1.27. The number of aryl methyl sites for hydroxylation is 1. The Bertz CT molecular complexity index is 798. The summed E-state index contributed by atoms with van der Waals surface area (Å²) in [6.45, 7) is 1.66. The van der Waals surface area contributed by atoms with Crippen LogP contribution in [0.5, 0.6) is 0 Å². The molecule has 0 atom stereocenters. The van der Waals surface area contributed by atoms with Gasteiger partial charge in [-0.3, -0.25) is 9.97 Å². The van der Waals surface area contributed by atoms with Crippen molar-refractivity contribution in [1.82, 2.24) is 14.7 Å². The summed E-state index contributed by atoms with van der Waals surface area (Å²) in [5, 5.41) is 8.87. The highest BCUT2D eigenvalue weighted by Gasteiger charge is 2.21. The van der Waals surface area contributed by atoms with Crippen LogP contribution in [-0.2, 0) is 16.6 Å². The van der Waals surface area contributed by atoms with E-state index < -0.39 is 26.3 Å². The number of aromatic nitrogens is 2. The van der Waals surface area contributed by atoms with Crippen LogP contribution in [0, 0.1) is 24.1 Å². The summed E-state index contributed by atoms with van der Waals surface area (Å²) >= 11 is 0. The summed E-state index contributed by atoms with van der Waals surface area (Å²) in [4.78, 5) is 7.60. The molecule has 21 heavy (non-hydrogen) atoms. The molecule has 1 N–H and O–H groups in total. The van der Waals surface area contributed by atoms with Crippen LogP contribution in [0.4, 0.5) is 4.39 Å². The minimum atomic E-state index is -4.01. The number of nitrogens with one attached hydrogen (secondary N) is 1. The van der Waals surface area contributed by atoms with Crippen LogP contribution in [0.2, 0.25) is 0 Å². The molecule has 0 aliphatic carbocycles.